The molecule has 1 aliphatic rings. The predicted octanol–water partition coefficient (Wildman–Crippen LogP) is 0.977. The normalized spacial score (nSPS) is 19.3. The smallest absolute Gasteiger partial charge is 0.221 e. The molecule has 0 saturated heterocycles. The van der Waals surface area contributed by atoms with Crippen molar-refractivity contribution in [2.24, 2.45) is 0 Å². The van der Waals surface area contributed by atoms with E-state index in [4.69, 9.17) is 0 Å². The van der Waals surface area contributed by atoms with Gasteiger partial charge in [-0.1, -0.05) is 19.3 Å². The van der Waals surface area contributed by atoms with E-state index >= 15 is 0 Å². The molecule has 4 heteroatoms. The molecule has 0 atom stereocenters. The van der Waals surface area contributed by atoms with Gasteiger partial charge in [-0.2, -0.15) is 0 Å². The lowest BCUT2D eigenvalue weighted by molar-refractivity contribution is -0.122. The van der Waals surface area contributed by atoms with E-state index in [-0.39, 0.29) is 11.4 Å². The van der Waals surface area contributed by atoms with E-state index in [1.54, 1.807) is 0 Å². The average molecular weight is 241 g/mol. The highest BCUT2D eigenvalue weighted by atomic mass is 16.1. The molecule has 0 unspecified atom stereocenters. The molecule has 0 heterocycles. The molecule has 1 fully saturated rings. The van der Waals surface area contributed by atoms with Crippen molar-refractivity contribution in [3.63, 3.8) is 0 Å². The number of carbonyl (C=O) groups is 1. The van der Waals surface area contributed by atoms with Crippen LogP contribution in [0.15, 0.2) is 0 Å². The van der Waals surface area contributed by atoms with E-state index in [0.29, 0.717) is 6.42 Å². The van der Waals surface area contributed by atoms with Gasteiger partial charge in [-0.25, -0.2) is 0 Å². The second kappa shape index (κ2) is 6.97. The van der Waals surface area contributed by atoms with Gasteiger partial charge in [0.05, 0.1) is 0 Å². The van der Waals surface area contributed by atoms with Gasteiger partial charge < -0.3 is 15.5 Å². The summed E-state index contributed by atoms with van der Waals surface area (Å²) < 4.78 is 0. The van der Waals surface area contributed by atoms with E-state index in [2.05, 4.69) is 15.5 Å². The molecule has 0 aliphatic heterocycles. The van der Waals surface area contributed by atoms with Crippen LogP contribution in [-0.2, 0) is 4.79 Å². The maximum absolute atomic E-state index is 11.9. The first-order valence-electron chi connectivity index (χ1n) is 6.68. The quantitative estimate of drug-likeness (QED) is 0.728. The fourth-order valence-corrected chi connectivity index (χ4v) is 2.53. The van der Waals surface area contributed by atoms with Crippen LogP contribution in [0.5, 0.6) is 0 Å². The number of hydrogen-bond acceptors (Lipinski definition) is 3. The Bertz CT molecular complexity index is 235. The largest absolute Gasteiger partial charge is 0.355 e. The number of hydrogen-bond donors (Lipinski definition) is 2. The van der Waals surface area contributed by atoms with Crippen LogP contribution in [0.4, 0.5) is 0 Å². The second-order valence-electron chi connectivity index (χ2n) is 5.42. The van der Waals surface area contributed by atoms with E-state index in [0.717, 1.165) is 25.9 Å². The number of likely N-dealkylation sites (N-methyl/N-ethyl adjacent to an activating group) is 1. The van der Waals surface area contributed by atoms with Gasteiger partial charge in [0.25, 0.3) is 0 Å². The lowest BCUT2D eigenvalue weighted by Gasteiger charge is -2.36. The van der Waals surface area contributed by atoms with Gasteiger partial charge in [0.15, 0.2) is 0 Å². The van der Waals surface area contributed by atoms with E-state index in [1.807, 2.05) is 21.1 Å². The van der Waals surface area contributed by atoms with Crippen molar-refractivity contribution in [1.82, 2.24) is 15.5 Å². The fraction of sp³-hybridized carbons (Fsp3) is 0.923. The zero-order chi connectivity index (χ0) is 12.7. The van der Waals surface area contributed by atoms with Gasteiger partial charge in [0.2, 0.25) is 5.91 Å². The topological polar surface area (TPSA) is 44.4 Å². The summed E-state index contributed by atoms with van der Waals surface area (Å²) in [6.45, 7) is 1.64. The summed E-state index contributed by atoms with van der Waals surface area (Å²) in [5.74, 6) is 0.183. The fourth-order valence-electron chi connectivity index (χ4n) is 2.53. The third-order valence-corrected chi connectivity index (χ3v) is 3.72. The molecule has 1 amide bonds. The van der Waals surface area contributed by atoms with Crippen LogP contribution >= 0.6 is 0 Å². The molecule has 0 bridgehead atoms. The summed E-state index contributed by atoms with van der Waals surface area (Å²) in [6.07, 6.45) is 6.68. The summed E-state index contributed by atoms with van der Waals surface area (Å²) in [5, 5.41) is 6.38. The predicted molar refractivity (Wildman–Crippen MR) is 71.1 cm³/mol. The van der Waals surface area contributed by atoms with Crippen molar-refractivity contribution in [2.75, 3.05) is 34.2 Å². The van der Waals surface area contributed by atoms with Gasteiger partial charge in [0.1, 0.15) is 0 Å². The SMILES string of the molecule is CNC1(CC(=O)NCCN(C)C)CCCCC1. The summed E-state index contributed by atoms with van der Waals surface area (Å²) in [7, 11) is 6.02. The summed E-state index contributed by atoms with van der Waals surface area (Å²) >= 11 is 0. The molecular weight excluding hydrogens is 214 g/mol. The van der Waals surface area contributed by atoms with Gasteiger partial charge in [-0.15, -0.1) is 0 Å². The van der Waals surface area contributed by atoms with Crippen LogP contribution in [0.1, 0.15) is 38.5 Å². The summed E-state index contributed by atoms with van der Waals surface area (Å²) in [4.78, 5) is 14.0. The lowest BCUT2D eigenvalue weighted by Crippen LogP contribution is -2.48. The molecule has 0 aromatic heterocycles. The number of rotatable bonds is 6. The highest BCUT2D eigenvalue weighted by Gasteiger charge is 2.32. The standard InChI is InChI=1S/C13H27N3O/c1-14-13(7-5-4-6-8-13)11-12(17)15-9-10-16(2)3/h14H,4-11H2,1-3H3,(H,15,17). The zero-order valence-corrected chi connectivity index (χ0v) is 11.5. The van der Waals surface area contributed by atoms with Crippen LogP contribution in [0, 0.1) is 0 Å². The second-order valence-corrected chi connectivity index (χ2v) is 5.42. The summed E-state index contributed by atoms with van der Waals surface area (Å²) in [5.41, 5.74) is 0.0560. The molecule has 17 heavy (non-hydrogen) atoms. The van der Waals surface area contributed by atoms with Crippen LogP contribution in [0.3, 0.4) is 0 Å². The van der Waals surface area contributed by atoms with Crippen molar-refractivity contribution < 1.29 is 4.79 Å². The molecule has 0 spiro atoms. The minimum absolute atomic E-state index is 0.0560. The Labute approximate surface area is 105 Å². The molecule has 4 nitrogen and oxygen atoms in total. The van der Waals surface area contributed by atoms with Crippen molar-refractivity contribution >= 4 is 5.91 Å². The van der Waals surface area contributed by atoms with Crippen LogP contribution in [-0.4, -0.2) is 50.6 Å². The Kier molecular flexibility index (Phi) is 5.92. The molecule has 100 valence electrons. The Morgan fingerprint density at radius 1 is 1.24 bits per heavy atom. The lowest BCUT2D eigenvalue weighted by atomic mass is 9.79. The first kappa shape index (κ1) is 14.5. The van der Waals surface area contributed by atoms with Crippen molar-refractivity contribution in [2.45, 2.75) is 44.1 Å². The third-order valence-electron chi connectivity index (χ3n) is 3.72. The highest BCUT2D eigenvalue weighted by Crippen LogP contribution is 2.30. The van der Waals surface area contributed by atoms with Crippen molar-refractivity contribution in [3.8, 4) is 0 Å². The molecule has 0 aromatic rings. The van der Waals surface area contributed by atoms with E-state index in [1.165, 1.54) is 19.3 Å². The number of amides is 1. The molecule has 0 radical (unpaired) electrons. The maximum atomic E-state index is 11.9. The highest BCUT2D eigenvalue weighted by molar-refractivity contribution is 5.77. The molecule has 0 aromatic carbocycles. The van der Waals surface area contributed by atoms with Crippen LogP contribution in [0.2, 0.25) is 0 Å². The minimum atomic E-state index is 0.0560. The number of nitrogens with one attached hydrogen (secondary N) is 2. The monoisotopic (exact) mass is 241 g/mol. The third kappa shape index (κ3) is 5.04. The molecule has 1 rings (SSSR count). The Morgan fingerprint density at radius 3 is 2.41 bits per heavy atom. The summed E-state index contributed by atoms with van der Waals surface area (Å²) in [6, 6.07) is 0. The molecule has 1 aliphatic carbocycles. The van der Waals surface area contributed by atoms with Gasteiger partial charge in [-0.05, 0) is 34.0 Å². The van der Waals surface area contributed by atoms with E-state index < -0.39 is 0 Å². The molecule has 2 N–H and O–H groups in total. The first-order chi connectivity index (χ1) is 8.08. The van der Waals surface area contributed by atoms with Crippen LogP contribution < -0.4 is 10.6 Å². The Balaban J connectivity index is 2.32. The van der Waals surface area contributed by atoms with Crippen LogP contribution in [0.25, 0.3) is 0 Å². The number of carbonyl (C=O) groups excluding carboxylic acids is 1. The van der Waals surface area contributed by atoms with Gasteiger partial charge >= 0.3 is 0 Å². The van der Waals surface area contributed by atoms with Gasteiger partial charge in [-0.3, -0.25) is 4.79 Å². The average Bonchev–Trinajstić information content (AvgIpc) is 2.29. The van der Waals surface area contributed by atoms with E-state index in [9.17, 15) is 4.79 Å². The molecular formula is C13H27N3O. The van der Waals surface area contributed by atoms with Gasteiger partial charge in [0, 0.05) is 25.0 Å². The number of nitrogens with zero attached hydrogens (tertiary/aromatic N) is 1. The van der Waals surface area contributed by atoms with Crippen molar-refractivity contribution in [3.05, 3.63) is 0 Å². The Morgan fingerprint density at radius 2 is 1.88 bits per heavy atom. The first-order valence-corrected chi connectivity index (χ1v) is 6.68. The Hall–Kier alpha value is -0.610. The molecule has 1 saturated carbocycles. The maximum Gasteiger partial charge on any atom is 0.221 e. The minimum Gasteiger partial charge on any atom is -0.355 e. The van der Waals surface area contributed by atoms with Crippen molar-refractivity contribution in [1.29, 1.82) is 0 Å². The zero-order valence-electron chi connectivity index (χ0n) is 11.5.